The van der Waals surface area contributed by atoms with Gasteiger partial charge in [0, 0.05) is 40.9 Å². The molecular weight excluding hydrogens is 281 g/mol. The molecule has 0 aliphatic carbocycles. The van der Waals surface area contributed by atoms with Crippen LogP contribution in [0.25, 0.3) is 0 Å². The molecule has 3 rings (SSSR count). The Balaban J connectivity index is 1.95. The molecule has 0 amide bonds. The first kappa shape index (κ1) is 13.0. The van der Waals surface area contributed by atoms with E-state index in [1.54, 1.807) is 6.07 Å². The summed E-state index contributed by atoms with van der Waals surface area (Å²) in [6.45, 7) is 4.17. The van der Waals surface area contributed by atoms with Gasteiger partial charge in [-0.2, -0.15) is 0 Å². The van der Waals surface area contributed by atoms with Crippen molar-refractivity contribution in [2.75, 3.05) is 13.1 Å². The summed E-state index contributed by atoms with van der Waals surface area (Å²) >= 11 is 12.2. The standard InChI is InChI=1S/C14H15Cl2N3/c1-9(12-3-2-11(15)4-13(12)16)19-8-18-7-14(19)10-5-17-6-10/h2-4,7-10,17H,5-6H2,1H3. The summed E-state index contributed by atoms with van der Waals surface area (Å²) in [6, 6.07) is 5.80. The fraction of sp³-hybridized carbons (Fsp3) is 0.357. The summed E-state index contributed by atoms with van der Waals surface area (Å²) < 4.78 is 2.20. The van der Waals surface area contributed by atoms with E-state index in [4.69, 9.17) is 23.2 Å². The Morgan fingerprint density at radius 3 is 2.79 bits per heavy atom. The molecule has 0 saturated carbocycles. The van der Waals surface area contributed by atoms with Gasteiger partial charge in [0.15, 0.2) is 0 Å². The Morgan fingerprint density at radius 1 is 1.37 bits per heavy atom. The molecule has 1 aromatic carbocycles. The highest BCUT2D eigenvalue weighted by molar-refractivity contribution is 6.35. The van der Waals surface area contributed by atoms with E-state index in [2.05, 4.69) is 21.8 Å². The van der Waals surface area contributed by atoms with Crippen LogP contribution < -0.4 is 5.32 Å². The maximum absolute atomic E-state index is 6.29. The van der Waals surface area contributed by atoms with Crippen molar-refractivity contribution in [1.82, 2.24) is 14.9 Å². The topological polar surface area (TPSA) is 29.9 Å². The van der Waals surface area contributed by atoms with Crippen molar-refractivity contribution in [3.05, 3.63) is 52.0 Å². The lowest BCUT2D eigenvalue weighted by Gasteiger charge is -2.29. The number of aromatic nitrogens is 2. The van der Waals surface area contributed by atoms with Crippen molar-refractivity contribution in [2.24, 2.45) is 0 Å². The molecule has 1 N–H and O–H groups in total. The van der Waals surface area contributed by atoms with Gasteiger partial charge in [0.25, 0.3) is 0 Å². The maximum Gasteiger partial charge on any atom is 0.0953 e. The molecule has 100 valence electrons. The van der Waals surface area contributed by atoms with Gasteiger partial charge in [-0.1, -0.05) is 29.3 Å². The largest absolute Gasteiger partial charge is 0.327 e. The number of halogens is 2. The van der Waals surface area contributed by atoms with E-state index in [0.717, 1.165) is 18.7 Å². The minimum atomic E-state index is 0.155. The summed E-state index contributed by atoms with van der Waals surface area (Å²) in [5.41, 5.74) is 2.33. The molecule has 1 fully saturated rings. The Bertz CT molecular complexity index is 590. The minimum Gasteiger partial charge on any atom is -0.327 e. The molecule has 19 heavy (non-hydrogen) atoms. The van der Waals surface area contributed by atoms with Gasteiger partial charge in [-0.3, -0.25) is 0 Å². The predicted molar refractivity (Wildman–Crippen MR) is 78.1 cm³/mol. The summed E-state index contributed by atoms with van der Waals surface area (Å²) in [4.78, 5) is 4.28. The third-order valence-corrected chi connectivity index (χ3v) is 4.29. The molecule has 0 bridgehead atoms. The van der Waals surface area contributed by atoms with E-state index in [0.29, 0.717) is 16.0 Å². The molecule has 0 radical (unpaired) electrons. The summed E-state index contributed by atoms with van der Waals surface area (Å²) in [5, 5.41) is 4.65. The van der Waals surface area contributed by atoms with Crippen LogP contribution in [-0.4, -0.2) is 22.6 Å². The van der Waals surface area contributed by atoms with Crippen molar-refractivity contribution in [2.45, 2.75) is 18.9 Å². The van der Waals surface area contributed by atoms with Crippen LogP contribution in [-0.2, 0) is 0 Å². The fourth-order valence-corrected chi connectivity index (χ4v) is 3.01. The second-order valence-electron chi connectivity index (χ2n) is 4.92. The molecule has 1 aliphatic heterocycles. The van der Waals surface area contributed by atoms with Crippen LogP contribution in [0.15, 0.2) is 30.7 Å². The number of benzene rings is 1. The first-order chi connectivity index (χ1) is 9.16. The van der Waals surface area contributed by atoms with Gasteiger partial charge in [-0.05, 0) is 24.6 Å². The number of rotatable bonds is 3. The molecular formula is C14H15Cl2N3. The quantitative estimate of drug-likeness (QED) is 0.939. The first-order valence-corrected chi connectivity index (χ1v) is 7.10. The van der Waals surface area contributed by atoms with Crippen LogP contribution in [0.2, 0.25) is 10.0 Å². The molecule has 1 aromatic heterocycles. The second-order valence-corrected chi connectivity index (χ2v) is 5.77. The van der Waals surface area contributed by atoms with Crippen molar-refractivity contribution in [3.8, 4) is 0 Å². The highest BCUT2D eigenvalue weighted by atomic mass is 35.5. The lowest BCUT2D eigenvalue weighted by Crippen LogP contribution is -2.41. The van der Waals surface area contributed by atoms with Gasteiger partial charge >= 0.3 is 0 Å². The van der Waals surface area contributed by atoms with E-state index in [9.17, 15) is 0 Å². The van der Waals surface area contributed by atoms with Gasteiger partial charge in [-0.25, -0.2) is 4.98 Å². The summed E-state index contributed by atoms with van der Waals surface area (Å²) in [6.07, 6.45) is 3.83. The van der Waals surface area contributed by atoms with Gasteiger partial charge in [0.2, 0.25) is 0 Å². The van der Waals surface area contributed by atoms with E-state index in [1.165, 1.54) is 5.69 Å². The average Bonchev–Trinajstić information content (AvgIpc) is 2.75. The predicted octanol–water partition coefficient (Wildman–Crippen LogP) is 3.49. The van der Waals surface area contributed by atoms with Crippen LogP contribution in [0.4, 0.5) is 0 Å². The van der Waals surface area contributed by atoms with Crippen LogP contribution in [0.5, 0.6) is 0 Å². The molecule has 3 nitrogen and oxygen atoms in total. The Hall–Kier alpha value is -1.03. The molecule has 1 atom stereocenters. The molecule has 5 heteroatoms. The molecule has 0 spiro atoms. The van der Waals surface area contributed by atoms with Crippen LogP contribution in [0.1, 0.15) is 30.1 Å². The summed E-state index contributed by atoms with van der Waals surface area (Å²) in [7, 11) is 0. The molecule has 2 aromatic rings. The van der Waals surface area contributed by atoms with Crippen molar-refractivity contribution < 1.29 is 0 Å². The number of nitrogens with zero attached hydrogens (tertiary/aromatic N) is 2. The third kappa shape index (κ3) is 2.38. The zero-order chi connectivity index (χ0) is 13.4. The van der Waals surface area contributed by atoms with Gasteiger partial charge in [-0.15, -0.1) is 0 Å². The molecule has 1 aliphatic rings. The van der Waals surface area contributed by atoms with Gasteiger partial charge < -0.3 is 9.88 Å². The zero-order valence-corrected chi connectivity index (χ0v) is 12.1. The van der Waals surface area contributed by atoms with Crippen molar-refractivity contribution in [3.63, 3.8) is 0 Å². The maximum atomic E-state index is 6.29. The highest BCUT2D eigenvalue weighted by Gasteiger charge is 2.24. The Morgan fingerprint density at radius 2 is 2.16 bits per heavy atom. The van der Waals surface area contributed by atoms with E-state index in [-0.39, 0.29) is 6.04 Å². The average molecular weight is 296 g/mol. The van der Waals surface area contributed by atoms with Crippen LogP contribution >= 0.6 is 23.2 Å². The third-order valence-electron chi connectivity index (χ3n) is 3.73. The lowest BCUT2D eigenvalue weighted by atomic mass is 9.98. The SMILES string of the molecule is CC(c1ccc(Cl)cc1Cl)n1cncc1C1CNC1. The van der Waals surface area contributed by atoms with Crippen molar-refractivity contribution >= 4 is 23.2 Å². The van der Waals surface area contributed by atoms with E-state index in [1.807, 2.05) is 24.7 Å². The summed E-state index contributed by atoms with van der Waals surface area (Å²) in [5.74, 6) is 0.552. The number of nitrogens with one attached hydrogen (secondary N) is 1. The molecule has 2 heterocycles. The number of imidazole rings is 1. The minimum absolute atomic E-state index is 0.155. The van der Waals surface area contributed by atoms with E-state index < -0.39 is 0 Å². The molecule has 1 unspecified atom stereocenters. The van der Waals surface area contributed by atoms with Gasteiger partial charge in [0.05, 0.1) is 12.4 Å². The Labute approximate surface area is 122 Å². The van der Waals surface area contributed by atoms with Crippen molar-refractivity contribution in [1.29, 1.82) is 0 Å². The monoisotopic (exact) mass is 295 g/mol. The fourth-order valence-electron chi connectivity index (χ4n) is 2.44. The van der Waals surface area contributed by atoms with Gasteiger partial charge in [0.1, 0.15) is 0 Å². The first-order valence-electron chi connectivity index (χ1n) is 6.34. The lowest BCUT2D eigenvalue weighted by molar-refractivity contribution is 0.418. The smallest absolute Gasteiger partial charge is 0.0953 e. The Kier molecular flexibility index (Phi) is 3.52. The highest BCUT2D eigenvalue weighted by Crippen LogP contribution is 2.31. The second kappa shape index (κ2) is 5.16. The molecule has 1 saturated heterocycles. The van der Waals surface area contributed by atoms with Crippen LogP contribution in [0.3, 0.4) is 0 Å². The number of hydrogen-bond acceptors (Lipinski definition) is 2. The zero-order valence-electron chi connectivity index (χ0n) is 10.6. The normalized spacial score (nSPS) is 17.2. The van der Waals surface area contributed by atoms with Crippen LogP contribution in [0, 0.1) is 0 Å². The van der Waals surface area contributed by atoms with E-state index >= 15 is 0 Å². The number of hydrogen-bond donors (Lipinski definition) is 1.